The van der Waals surface area contributed by atoms with E-state index in [2.05, 4.69) is 15.9 Å². The molecule has 0 amide bonds. The Kier molecular flexibility index (Phi) is 2.93. The van der Waals surface area contributed by atoms with Crippen molar-refractivity contribution in [3.8, 4) is 18.2 Å². The minimum Gasteiger partial charge on any atom is -0.477 e. The highest BCUT2D eigenvalue weighted by Gasteiger charge is 2.19. The van der Waals surface area contributed by atoms with Crippen LogP contribution in [0.5, 0.6) is 5.88 Å². The largest absolute Gasteiger partial charge is 0.477 e. The molecule has 2 heterocycles. The van der Waals surface area contributed by atoms with E-state index in [1.807, 2.05) is 0 Å². The van der Waals surface area contributed by atoms with Crippen LogP contribution in [0.25, 0.3) is 10.2 Å². The summed E-state index contributed by atoms with van der Waals surface area (Å²) in [6.07, 6.45) is 6.43. The number of hydrogen-bond donors (Lipinski definition) is 1. The van der Waals surface area contributed by atoms with E-state index < -0.39 is 5.97 Å². The lowest BCUT2D eigenvalue weighted by molar-refractivity contribution is 0.0701. The number of carboxylic acid groups (broad SMARTS) is 1. The van der Waals surface area contributed by atoms with Gasteiger partial charge in [0.05, 0.1) is 5.39 Å². The number of hydrogen-bond acceptors (Lipinski definition) is 5. The number of carbonyl (C=O) groups is 1. The molecular formula is C11H8N2O3S. The van der Waals surface area contributed by atoms with E-state index in [0.29, 0.717) is 21.7 Å². The Hall–Kier alpha value is -2.13. The van der Waals surface area contributed by atoms with Gasteiger partial charge < -0.3 is 9.84 Å². The first-order chi connectivity index (χ1) is 8.15. The van der Waals surface area contributed by atoms with Crippen molar-refractivity contribution in [1.82, 2.24) is 9.97 Å². The Morgan fingerprint density at radius 2 is 2.41 bits per heavy atom. The Labute approximate surface area is 101 Å². The van der Waals surface area contributed by atoms with Crippen molar-refractivity contribution in [3.63, 3.8) is 0 Å². The normalized spacial score (nSPS) is 10.1. The monoisotopic (exact) mass is 248 g/mol. The number of carboxylic acids is 1. The fourth-order valence-electron chi connectivity index (χ4n) is 1.46. The van der Waals surface area contributed by atoms with Crippen LogP contribution in [0.1, 0.15) is 15.2 Å². The summed E-state index contributed by atoms with van der Waals surface area (Å²) in [5.74, 6) is 1.68. The highest BCUT2D eigenvalue weighted by molar-refractivity contribution is 7.20. The van der Waals surface area contributed by atoms with Gasteiger partial charge in [-0.15, -0.1) is 17.8 Å². The zero-order valence-corrected chi connectivity index (χ0v) is 9.74. The van der Waals surface area contributed by atoms with Gasteiger partial charge in [-0.05, 0) is 12.5 Å². The van der Waals surface area contributed by atoms with Gasteiger partial charge in [-0.3, -0.25) is 0 Å². The second-order valence-electron chi connectivity index (χ2n) is 3.21. The maximum Gasteiger partial charge on any atom is 0.346 e. The second-order valence-corrected chi connectivity index (χ2v) is 4.21. The minimum atomic E-state index is -0.978. The maximum absolute atomic E-state index is 11.0. The van der Waals surface area contributed by atoms with Crippen LogP contribution in [0.4, 0.5) is 0 Å². The molecule has 86 valence electrons. The summed E-state index contributed by atoms with van der Waals surface area (Å²) in [6, 6.07) is 0. The van der Waals surface area contributed by atoms with Gasteiger partial charge >= 0.3 is 5.97 Å². The number of aromatic nitrogens is 2. The molecule has 0 aliphatic heterocycles. The number of ether oxygens (including phenoxy) is 1. The van der Waals surface area contributed by atoms with Crippen molar-refractivity contribution in [1.29, 1.82) is 0 Å². The SMILES string of the molecule is C#CCOc1ncnc2sc(C(=O)O)c(C)c12. The molecule has 2 aromatic rings. The maximum atomic E-state index is 11.0. The van der Waals surface area contributed by atoms with Crippen LogP contribution in [0, 0.1) is 19.3 Å². The van der Waals surface area contributed by atoms with Gasteiger partial charge in [-0.25, -0.2) is 14.8 Å². The fourth-order valence-corrected chi connectivity index (χ4v) is 2.44. The third-order valence-electron chi connectivity index (χ3n) is 2.18. The topological polar surface area (TPSA) is 72.3 Å². The van der Waals surface area contributed by atoms with Gasteiger partial charge in [0.2, 0.25) is 5.88 Å². The van der Waals surface area contributed by atoms with E-state index in [1.165, 1.54) is 6.33 Å². The zero-order valence-electron chi connectivity index (χ0n) is 8.93. The second kappa shape index (κ2) is 4.39. The van der Waals surface area contributed by atoms with Crippen LogP contribution < -0.4 is 4.74 Å². The molecule has 0 aliphatic carbocycles. The number of aromatic carboxylic acids is 1. The van der Waals surface area contributed by atoms with Crippen LogP contribution in [0.3, 0.4) is 0 Å². The number of rotatable bonds is 3. The first-order valence-electron chi connectivity index (χ1n) is 4.68. The van der Waals surface area contributed by atoms with Crippen LogP contribution in [-0.4, -0.2) is 27.7 Å². The minimum absolute atomic E-state index is 0.0871. The highest BCUT2D eigenvalue weighted by Crippen LogP contribution is 2.34. The molecule has 2 aromatic heterocycles. The predicted molar refractivity (Wildman–Crippen MR) is 63.4 cm³/mol. The van der Waals surface area contributed by atoms with Crippen molar-refractivity contribution in [3.05, 3.63) is 16.8 Å². The molecule has 1 N–H and O–H groups in total. The Bertz CT molecular complexity index is 627. The predicted octanol–water partition coefficient (Wildman–Crippen LogP) is 1.71. The molecule has 0 spiro atoms. The van der Waals surface area contributed by atoms with E-state index in [-0.39, 0.29) is 11.5 Å². The smallest absolute Gasteiger partial charge is 0.346 e. The molecule has 5 nitrogen and oxygen atoms in total. The molecule has 0 saturated heterocycles. The number of fused-ring (bicyclic) bond motifs is 1. The average Bonchev–Trinajstić information content (AvgIpc) is 2.65. The quantitative estimate of drug-likeness (QED) is 0.837. The average molecular weight is 248 g/mol. The Morgan fingerprint density at radius 1 is 1.65 bits per heavy atom. The Balaban J connectivity index is 2.63. The van der Waals surface area contributed by atoms with Crippen molar-refractivity contribution in [2.75, 3.05) is 6.61 Å². The molecule has 0 unspecified atom stereocenters. The third-order valence-corrected chi connectivity index (χ3v) is 3.37. The molecular weight excluding hydrogens is 240 g/mol. The van der Waals surface area contributed by atoms with Crippen molar-refractivity contribution in [2.45, 2.75) is 6.92 Å². The lowest BCUT2D eigenvalue weighted by Crippen LogP contribution is -1.98. The molecule has 17 heavy (non-hydrogen) atoms. The standard InChI is InChI=1S/C11H8N2O3S/c1-3-4-16-9-7-6(2)8(11(14)15)17-10(7)13-5-12-9/h1,5H,4H2,2H3,(H,14,15). The summed E-state index contributed by atoms with van der Waals surface area (Å²) in [5, 5.41) is 9.64. The van der Waals surface area contributed by atoms with Crippen molar-refractivity contribution >= 4 is 27.5 Å². The summed E-state index contributed by atoms with van der Waals surface area (Å²) in [4.78, 5) is 19.8. The fraction of sp³-hybridized carbons (Fsp3) is 0.182. The molecule has 0 fully saturated rings. The van der Waals surface area contributed by atoms with E-state index in [4.69, 9.17) is 16.3 Å². The molecule has 0 radical (unpaired) electrons. The first kappa shape index (κ1) is 11.4. The van der Waals surface area contributed by atoms with E-state index in [9.17, 15) is 4.79 Å². The summed E-state index contributed by atoms with van der Waals surface area (Å²) in [5.41, 5.74) is 0.602. The van der Waals surface area contributed by atoms with E-state index in [0.717, 1.165) is 11.3 Å². The van der Waals surface area contributed by atoms with Crippen LogP contribution in [0.15, 0.2) is 6.33 Å². The lowest BCUT2D eigenvalue weighted by Gasteiger charge is -2.02. The number of thiophene rings is 1. The zero-order chi connectivity index (χ0) is 12.4. The molecule has 0 aromatic carbocycles. The summed E-state index contributed by atoms with van der Waals surface area (Å²) in [6.45, 7) is 1.79. The van der Waals surface area contributed by atoms with Crippen molar-refractivity contribution in [2.24, 2.45) is 0 Å². The summed E-state index contributed by atoms with van der Waals surface area (Å²) >= 11 is 1.10. The number of aryl methyl sites for hydroxylation is 1. The molecule has 0 saturated carbocycles. The van der Waals surface area contributed by atoms with Crippen LogP contribution in [-0.2, 0) is 0 Å². The molecule has 2 rings (SSSR count). The Morgan fingerprint density at radius 3 is 3.06 bits per heavy atom. The van der Waals surface area contributed by atoms with Gasteiger partial charge in [-0.1, -0.05) is 5.92 Å². The molecule has 0 atom stereocenters. The van der Waals surface area contributed by atoms with Crippen LogP contribution in [0.2, 0.25) is 0 Å². The first-order valence-corrected chi connectivity index (χ1v) is 5.50. The van der Waals surface area contributed by atoms with E-state index >= 15 is 0 Å². The summed E-state index contributed by atoms with van der Waals surface area (Å²) < 4.78 is 5.27. The summed E-state index contributed by atoms with van der Waals surface area (Å²) in [7, 11) is 0. The highest BCUT2D eigenvalue weighted by atomic mass is 32.1. The van der Waals surface area contributed by atoms with Crippen molar-refractivity contribution < 1.29 is 14.6 Å². The lowest BCUT2D eigenvalue weighted by atomic mass is 10.2. The number of terminal acetylenes is 1. The van der Waals surface area contributed by atoms with Gasteiger partial charge in [0.1, 0.15) is 16.0 Å². The molecule has 0 bridgehead atoms. The molecule has 6 heteroatoms. The van der Waals surface area contributed by atoms with Gasteiger partial charge in [0, 0.05) is 0 Å². The van der Waals surface area contributed by atoms with Crippen LogP contribution >= 0.6 is 11.3 Å². The van der Waals surface area contributed by atoms with E-state index in [1.54, 1.807) is 6.92 Å². The van der Waals surface area contributed by atoms with Gasteiger partial charge in [0.15, 0.2) is 6.61 Å². The number of nitrogens with zero attached hydrogens (tertiary/aromatic N) is 2. The van der Waals surface area contributed by atoms with Gasteiger partial charge in [0.25, 0.3) is 0 Å². The van der Waals surface area contributed by atoms with Gasteiger partial charge in [-0.2, -0.15) is 0 Å². The molecule has 0 aliphatic rings. The third kappa shape index (κ3) is 1.92.